The van der Waals surface area contributed by atoms with Gasteiger partial charge in [0.25, 0.3) is 5.91 Å². The standard InChI is InChI=1S/C23H27N3O3S/c27-21(24-19-9-2-1-3-10-19)17-7-4-12-25(15-17)22(28)18-8-5-13-26(16-18)23(29)20-11-6-14-30-20/h1-3,6,9-11,14,17-18H,4-5,7-8,12-13,15-16H2,(H,24,27)/t17-,18-/m1/s1. The smallest absolute Gasteiger partial charge is 0.263 e. The Balaban J connectivity index is 1.35. The number of amides is 3. The van der Waals surface area contributed by atoms with Gasteiger partial charge >= 0.3 is 0 Å². The Labute approximate surface area is 180 Å². The molecule has 30 heavy (non-hydrogen) atoms. The Morgan fingerprint density at radius 3 is 2.30 bits per heavy atom. The fourth-order valence-corrected chi connectivity index (χ4v) is 5.03. The van der Waals surface area contributed by atoms with Gasteiger partial charge in [-0.15, -0.1) is 11.3 Å². The van der Waals surface area contributed by atoms with Gasteiger partial charge in [0.15, 0.2) is 0 Å². The highest BCUT2D eigenvalue weighted by molar-refractivity contribution is 7.12. The second-order valence-electron chi connectivity index (χ2n) is 8.05. The monoisotopic (exact) mass is 425 g/mol. The minimum absolute atomic E-state index is 0.0151. The van der Waals surface area contributed by atoms with Crippen molar-refractivity contribution in [3.63, 3.8) is 0 Å². The van der Waals surface area contributed by atoms with E-state index in [0.717, 1.165) is 36.2 Å². The summed E-state index contributed by atoms with van der Waals surface area (Å²) in [7, 11) is 0. The molecule has 3 heterocycles. The van der Waals surface area contributed by atoms with Crippen LogP contribution in [0.15, 0.2) is 47.8 Å². The number of carbonyl (C=O) groups excluding carboxylic acids is 3. The van der Waals surface area contributed by atoms with Gasteiger partial charge in [0.1, 0.15) is 0 Å². The first kappa shape index (κ1) is 20.6. The third kappa shape index (κ3) is 4.73. The fraction of sp³-hybridized carbons (Fsp3) is 0.435. The molecular formula is C23H27N3O3S. The normalized spacial score (nSPS) is 21.9. The van der Waals surface area contributed by atoms with Crippen LogP contribution in [-0.4, -0.2) is 53.7 Å². The van der Waals surface area contributed by atoms with Gasteiger partial charge in [-0.3, -0.25) is 14.4 Å². The van der Waals surface area contributed by atoms with Crippen LogP contribution in [0.2, 0.25) is 0 Å². The van der Waals surface area contributed by atoms with Crippen molar-refractivity contribution in [3.8, 4) is 0 Å². The number of likely N-dealkylation sites (tertiary alicyclic amines) is 2. The summed E-state index contributed by atoms with van der Waals surface area (Å²) in [5, 5.41) is 4.86. The van der Waals surface area contributed by atoms with Crippen molar-refractivity contribution in [1.29, 1.82) is 0 Å². The fourth-order valence-electron chi connectivity index (χ4n) is 4.33. The average Bonchev–Trinajstić information content (AvgIpc) is 3.34. The van der Waals surface area contributed by atoms with Gasteiger partial charge in [-0.05, 0) is 49.3 Å². The number of carbonyl (C=O) groups is 3. The molecule has 2 fully saturated rings. The zero-order valence-corrected chi connectivity index (χ0v) is 17.8. The first-order valence-electron chi connectivity index (χ1n) is 10.6. The third-order valence-electron chi connectivity index (χ3n) is 5.93. The zero-order valence-electron chi connectivity index (χ0n) is 17.0. The number of hydrogen-bond acceptors (Lipinski definition) is 4. The number of benzene rings is 1. The lowest BCUT2D eigenvalue weighted by Crippen LogP contribution is -2.50. The molecule has 0 unspecified atom stereocenters. The third-order valence-corrected chi connectivity index (χ3v) is 6.79. The van der Waals surface area contributed by atoms with Crippen LogP contribution in [0, 0.1) is 11.8 Å². The summed E-state index contributed by atoms with van der Waals surface area (Å²) in [6.45, 7) is 2.30. The van der Waals surface area contributed by atoms with Gasteiger partial charge in [0.2, 0.25) is 11.8 Å². The first-order valence-corrected chi connectivity index (χ1v) is 11.5. The largest absolute Gasteiger partial charge is 0.342 e. The molecule has 2 aromatic rings. The molecule has 2 aliphatic rings. The molecule has 3 amide bonds. The predicted octanol–water partition coefficient (Wildman–Crippen LogP) is 3.48. The highest BCUT2D eigenvalue weighted by atomic mass is 32.1. The lowest BCUT2D eigenvalue weighted by Gasteiger charge is -2.38. The van der Waals surface area contributed by atoms with E-state index < -0.39 is 0 Å². The maximum Gasteiger partial charge on any atom is 0.263 e. The maximum atomic E-state index is 13.2. The van der Waals surface area contributed by atoms with Crippen LogP contribution in [0.4, 0.5) is 5.69 Å². The summed E-state index contributed by atoms with van der Waals surface area (Å²) in [5.74, 6) is -0.317. The molecule has 1 aromatic carbocycles. The van der Waals surface area contributed by atoms with Gasteiger partial charge < -0.3 is 15.1 Å². The summed E-state index contributed by atoms with van der Waals surface area (Å²) < 4.78 is 0. The Morgan fingerprint density at radius 1 is 0.867 bits per heavy atom. The second-order valence-corrected chi connectivity index (χ2v) is 8.99. The van der Waals surface area contributed by atoms with Crippen LogP contribution >= 0.6 is 11.3 Å². The highest BCUT2D eigenvalue weighted by Gasteiger charge is 2.35. The number of nitrogens with one attached hydrogen (secondary N) is 1. The van der Waals surface area contributed by atoms with Crippen LogP contribution in [0.1, 0.15) is 35.4 Å². The zero-order chi connectivity index (χ0) is 20.9. The van der Waals surface area contributed by atoms with Crippen molar-refractivity contribution in [2.45, 2.75) is 25.7 Å². The van der Waals surface area contributed by atoms with E-state index in [1.165, 1.54) is 11.3 Å². The van der Waals surface area contributed by atoms with Crippen LogP contribution < -0.4 is 5.32 Å². The number of para-hydroxylation sites is 1. The quantitative estimate of drug-likeness (QED) is 0.815. The van der Waals surface area contributed by atoms with Crippen LogP contribution in [0.5, 0.6) is 0 Å². The van der Waals surface area contributed by atoms with Crippen molar-refractivity contribution < 1.29 is 14.4 Å². The Morgan fingerprint density at radius 2 is 1.57 bits per heavy atom. The minimum Gasteiger partial charge on any atom is -0.342 e. The molecule has 0 spiro atoms. The van der Waals surface area contributed by atoms with E-state index in [2.05, 4.69) is 5.32 Å². The number of piperidine rings is 2. The van der Waals surface area contributed by atoms with Gasteiger partial charge in [0.05, 0.1) is 16.7 Å². The predicted molar refractivity (Wildman–Crippen MR) is 117 cm³/mol. The summed E-state index contributed by atoms with van der Waals surface area (Å²) in [6.07, 6.45) is 3.24. The van der Waals surface area contributed by atoms with E-state index in [1.807, 2.05) is 52.7 Å². The molecule has 7 heteroatoms. The molecule has 4 rings (SSSR count). The lowest BCUT2D eigenvalue weighted by atomic mass is 9.92. The van der Waals surface area contributed by atoms with Gasteiger partial charge in [-0.25, -0.2) is 0 Å². The van der Waals surface area contributed by atoms with E-state index in [9.17, 15) is 14.4 Å². The van der Waals surface area contributed by atoms with Crippen molar-refractivity contribution in [3.05, 3.63) is 52.7 Å². The van der Waals surface area contributed by atoms with Crippen molar-refractivity contribution in [1.82, 2.24) is 9.80 Å². The van der Waals surface area contributed by atoms with Crippen molar-refractivity contribution in [2.24, 2.45) is 11.8 Å². The Hall–Kier alpha value is -2.67. The second kappa shape index (κ2) is 9.43. The molecule has 2 atom stereocenters. The number of thiophene rings is 1. The van der Waals surface area contributed by atoms with Crippen LogP contribution in [-0.2, 0) is 9.59 Å². The van der Waals surface area contributed by atoms with Gasteiger partial charge in [0, 0.05) is 31.9 Å². The summed E-state index contributed by atoms with van der Waals surface area (Å²) in [6, 6.07) is 13.1. The van der Waals surface area contributed by atoms with E-state index >= 15 is 0 Å². The van der Waals surface area contributed by atoms with Crippen molar-refractivity contribution in [2.75, 3.05) is 31.5 Å². The molecule has 2 aliphatic heterocycles. The van der Waals surface area contributed by atoms with E-state index in [1.54, 1.807) is 4.90 Å². The number of rotatable bonds is 4. The molecule has 0 aliphatic carbocycles. The minimum atomic E-state index is -0.199. The molecule has 0 radical (unpaired) electrons. The maximum absolute atomic E-state index is 13.2. The molecule has 2 saturated heterocycles. The molecule has 1 N–H and O–H groups in total. The summed E-state index contributed by atoms with van der Waals surface area (Å²) in [5.41, 5.74) is 0.779. The highest BCUT2D eigenvalue weighted by Crippen LogP contribution is 2.25. The molecule has 0 bridgehead atoms. The molecular weight excluding hydrogens is 398 g/mol. The van der Waals surface area contributed by atoms with Gasteiger partial charge in [-0.1, -0.05) is 24.3 Å². The average molecular weight is 426 g/mol. The van der Waals surface area contributed by atoms with Crippen LogP contribution in [0.25, 0.3) is 0 Å². The lowest BCUT2D eigenvalue weighted by molar-refractivity contribution is -0.139. The molecule has 1 aromatic heterocycles. The first-order chi connectivity index (χ1) is 14.6. The number of hydrogen-bond donors (Lipinski definition) is 1. The summed E-state index contributed by atoms with van der Waals surface area (Å²) in [4.78, 5) is 42.9. The Bertz CT molecular complexity index is 884. The van der Waals surface area contributed by atoms with Crippen molar-refractivity contribution >= 4 is 34.7 Å². The van der Waals surface area contributed by atoms with E-state index in [-0.39, 0.29) is 29.6 Å². The van der Waals surface area contributed by atoms with E-state index in [4.69, 9.17) is 0 Å². The molecule has 0 saturated carbocycles. The number of nitrogens with zero attached hydrogens (tertiary/aromatic N) is 2. The van der Waals surface area contributed by atoms with Gasteiger partial charge in [-0.2, -0.15) is 0 Å². The number of anilines is 1. The topological polar surface area (TPSA) is 69.7 Å². The van der Waals surface area contributed by atoms with E-state index in [0.29, 0.717) is 26.2 Å². The molecule has 6 nitrogen and oxygen atoms in total. The summed E-state index contributed by atoms with van der Waals surface area (Å²) >= 11 is 1.44. The SMILES string of the molecule is O=C(Nc1ccccc1)[C@@H]1CCCN(C(=O)[C@@H]2CCCN(C(=O)c3cccs3)C2)C1. The van der Waals surface area contributed by atoms with Crippen LogP contribution in [0.3, 0.4) is 0 Å². The molecule has 158 valence electrons. The Kier molecular flexibility index (Phi) is 6.47.